The van der Waals surface area contributed by atoms with E-state index in [1.54, 1.807) is 30.4 Å². The Morgan fingerprint density at radius 2 is 1.93 bits per heavy atom. The molecule has 0 radical (unpaired) electrons. The van der Waals surface area contributed by atoms with Crippen LogP contribution in [0.4, 0.5) is 0 Å². The molecule has 0 heterocycles. The van der Waals surface area contributed by atoms with E-state index in [4.69, 9.17) is 0 Å². The SMILES string of the molecule is C/C=C/C=N/NS(=O)(=O)c1ccccc1. The lowest BCUT2D eigenvalue weighted by Crippen LogP contribution is -2.17. The quantitative estimate of drug-likeness (QED) is 0.622. The summed E-state index contributed by atoms with van der Waals surface area (Å²) in [5.74, 6) is 0. The van der Waals surface area contributed by atoms with Gasteiger partial charge in [-0.3, -0.25) is 0 Å². The van der Waals surface area contributed by atoms with E-state index in [0.717, 1.165) is 0 Å². The molecule has 5 heteroatoms. The van der Waals surface area contributed by atoms with Crippen LogP contribution in [0.25, 0.3) is 0 Å². The molecule has 0 spiro atoms. The van der Waals surface area contributed by atoms with E-state index in [1.807, 2.05) is 6.92 Å². The van der Waals surface area contributed by atoms with Gasteiger partial charge in [0.2, 0.25) is 0 Å². The Balaban J connectivity index is 2.77. The molecule has 4 nitrogen and oxygen atoms in total. The van der Waals surface area contributed by atoms with Gasteiger partial charge in [-0.2, -0.15) is 13.5 Å². The van der Waals surface area contributed by atoms with Crippen LogP contribution in [0.15, 0.2) is 52.5 Å². The van der Waals surface area contributed by atoms with Crippen molar-refractivity contribution >= 4 is 16.2 Å². The Bertz CT molecular complexity index is 450. The lowest BCUT2D eigenvalue weighted by Gasteiger charge is -2.01. The normalized spacial score (nSPS) is 12.3. The van der Waals surface area contributed by atoms with Gasteiger partial charge in [0.15, 0.2) is 0 Å². The van der Waals surface area contributed by atoms with Crippen LogP contribution in [0, 0.1) is 0 Å². The fourth-order valence-corrected chi connectivity index (χ4v) is 1.70. The van der Waals surface area contributed by atoms with Crippen molar-refractivity contribution in [3.63, 3.8) is 0 Å². The average molecular weight is 224 g/mol. The number of hydrazone groups is 1. The third-order valence-electron chi connectivity index (χ3n) is 1.58. The van der Waals surface area contributed by atoms with Crippen LogP contribution in [0.5, 0.6) is 0 Å². The summed E-state index contributed by atoms with van der Waals surface area (Å²) in [7, 11) is -3.52. The second-order valence-corrected chi connectivity index (χ2v) is 4.37. The van der Waals surface area contributed by atoms with E-state index in [1.165, 1.54) is 18.3 Å². The maximum atomic E-state index is 11.5. The fourth-order valence-electron chi connectivity index (χ4n) is 0.881. The number of nitrogens with zero attached hydrogens (tertiary/aromatic N) is 1. The molecule has 0 aliphatic heterocycles. The maximum Gasteiger partial charge on any atom is 0.276 e. The molecular formula is C10H12N2O2S. The van der Waals surface area contributed by atoms with Crippen molar-refractivity contribution in [2.45, 2.75) is 11.8 Å². The Kier molecular flexibility index (Phi) is 4.05. The van der Waals surface area contributed by atoms with Crippen molar-refractivity contribution in [3.8, 4) is 0 Å². The fraction of sp³-hybridized carbons (Fsp3) is 0.100. The van der Waals surface area contributed by atoms with Gasteiger partial charge in [0.25, 0.3) is 10.0 Å². The van der Waals surface area contributed by atoms with Crippen LogP contribution in [-0.4, -0.2) is 14.6 Å². The van der Waals surface area contributed by atoms with Crippen LogP contribution in [-0.2, 0) is 10.0 Å². The van der Waals surface area contributed by atoms with E-state index in [0.29, 0.717) is 0 Å². The number of nitrogens with one attached hydrogen (secondary N) is 1. The summed E-state index contributed by atoms with van der Waals surface area (Å²) >= 11 is 0. The molecule has 0 bridgehead atoms. The Morgan fingerprint density at radius 3 is 2.53 bits per heavy atom. The number of hydrogen-bond donors (Lipinski definition) is 1. The van der Waals surface area contributed by atoms with Gasteiger partial charge in [0, 0.05) is 6.21 Å². The molecule has 0 aliphatic rings. The second kappa shape index (κ2) is 5.31. The second-order valence-electron chi connectivity index (χ2n) is 2.71. The predicted octanol–water partition coefficient (Wildman–Crippen LogP) is 1.53. The average Bonchev–Trinajstić information content (AvgIpc) is 2.26. The Morgan fingerprint density at radius 1 is 1.27 bits per heavy atom. The van der Waals surface area contributed by atoms with Crippen molar-refractivity contribution < 1.29 is 8.42 Å². The summed E-state index contributed by atoms with van der Waals surface area (Å²) in [6, 6.07) is 8.08. The molecule has 15 heavy (non-hydrogen) atoms. The summed E-state index contributed by atoms with van der Waals surface area (Å²) in [6.07, 6.45) is 4.76. The van der Waals surface area contributed by atoms with Crippen LogP contribution in [0.2, 0.25) is 0 Å². The van der Waals surface area contributed by atoms with Crippen molar-refractivity contribution in [1.29, 1.82) is 0 Å². The number of allylic oxidation sites excluding steroid dienone is 2. The zero-order chi connectivity index (χ0) is 11.1. The van der Waals surface area contributed by atoms with E-state index < -0.39 is 10.0 Å². The molecule has 0 saturated carbocycles. The minimum atomic E-state index is -3.52. The Labute approximate surface area is 89.4 Å². The molecule has 0 fully saturated rings. The molecular weight excluding hydrogens is 212 g/mol. The smallest absolute Gasteiger partial charge is 0.200 e. The topological polar surface area (TPSA) is 58.5 Å². The van der Waals surface area contributed by atoms with Crippen molar-refractivity contribution in [3.05, 3.63) is 42.5 Å². The summed E-state index contributed by atoms with van der Waals surface area (Å²) in [6.45, 7) is 1.82. The van der Waals surface area contributed by atoms with E-state index in [-0.39, 0.29) is 4.90 Å². The van der Waals surface area contributed by atoms with Crippen LogP contribution >= 0.6 is 0 Å². The van der Waals surface area contributed by atoms with E-state index in [2.05, 4.69) is 9.93 Å². The molecule has 0 amide bonds. The highest BCUT2D eigenvalue weighted by molar-refractivity contribution is 7.89. The predicted molar refractivity (Wildman–Crippen MR) is 60.1 cm³/mol. The van der Waals surface area contributed by atoms with Gasteiger partial charge in [0.05, 0.1) is 4.90 Å². The first-order valence-electron chi connectivity index (χ1n) is 4.38. The van der Waals surface area contributed by atoms with Crippen LogP contribution in [0.3, 0.4) is 0 Å². The number of benzene rings is 1. The van der Waals surface area contributed by atoms with Crippen LogP contribution < -0.4 is 4.83 Å². The lowest BCUT2D eigenvalue weighted by atomic mass is 10.4. The first-order chi connectivity index (χ1) is 7.17. The lowest BCUT2D eigenvalue weighted by molar-refractivity contribution is 0.584. The standard InChI is InChI=1S/C10H12N2O2S/c1-2-3-9-11-12-15(13,14)10-7-5-4-6-8-10/h2-9,12H,1H3/b3-2+,11-9+. The van der Waals surface area contributed by atoms with Gasteiger partial charge >= 0.3 is 0 Å². The third kappa shape index (κ3) is 3.55. The summed E-state index contributed by atoms with van der Waals surface area (Å²) in [4.78, 5) is 2.30. The van der Waals surface area contributed by atoms with Gasteiger partial charge < -0.3 is 0 Å². The highest BCUT2D eigenvalue weighted by Crippen LogP contribution is 2.06. The third-order valence-corrected chi connectivity index (χ3v) is 2.82. The molecule has 1 aromatic carbocycles. The highest BCUT2D eigenvalue weighted by Gasteiger charge is 2.10. The molecule has 0 aromatic heterocycles. The van der Waals surface area contributed by atoms with Gasteiger partial charge in [-0.15, -0.1) is 0 Å². The van der Waals surface area contributed by atoms with Gasteiger partial charge in [-0.05, 0) is 25.1 Å². The number of hydrogen-bond acceptors (Lipinski definition) is 3. The zero-order valence-electron chi connectivity index (χ0n) is 8.29. The highest BCUT2D eigenvalue weighted by atomic mass is 32.2. The maximum absolute atomic E-state index is 11.5. The van der Waals surface area contributed by atoms with E-state index >= 15 is 0 Å². The molecule has 0 aliphatic carbocycles. The van der Waals surface area contributed by atoms with Crippen molar-refractivity contribution in [2.75, 3.05) is 0 Å². The molecule has 1 aromatic rings. The first kappa shape index (κ1) is 11.5. The summed E-state index contributed by atoms with van der Waals surface area (Å²) in [5, 5.41) is 3.56. The van der Waals surface area contributed by atoms with Crippen LogP contribution in [0.1, 0.15) is 6.92 Å². The minimum Gasteiger partial charge on any atom is -0.200 e. The molecule has 1 rings (SSSR count). The molecule has 1 N–H and O–H groups in total. The van der Waals surface area contributed by atoms with Gasteiger partial charge in [0.1, 0.15) is 0 Å². The largest absolute Gasteiger partial charge is 0.276 e. The Hall–Kier alpha value is -1.62. The summed E-state index contributed by atoms with van der Waals surface area (Å²) < 4.78 is 23.1. The molecule has 0 saturated heterocycles. The van der Waals surface area contributed by atoms with Crippen molar-refractivity contribution in [1.82, 2.24) is 4.83 Å². The van der Waals surface area contributed by atoms with Gasteiger partial charge in [-0.1, -0.05) is 24.3 Å². The zero-order valence-corrected chi connectivity index (χ0v) is 9.11. The van der Waals surface area contributed by atoms with E-state index in [9.17, 15) is 8.42 Å². The van der Waals surface area contributed by atoms with Gasteiger partial charge in [-0.25, -0.2) is 4.83 Å². The number of rotatable bonds is 4. The first-order valence-corrected chi connectivity index (χ1v) is 5.86. The molecule has 0 atom stereocenters. The molecule has 0 unspecified atom stereocenters. The number of sulfonamides is 1. The van der Waals surface area contributed by atoms with Crippen molar-refractivity contribution in [2.24, 2.45) is 5.10 Å². The monoisotopic (exact) mass is 224 g/mol. The minimum absolute atomic E-state index is 0.197. The summed E-state index contributed by atoms with van der Waals surface area (Å²) in [5.41, 5.74) is 0. The molecule has 80 valence electrons.